The molecular formula is C13H15N2O. The van der Waals surface area contributed by atoms with Crippen molar-refractivity contribution in [2.45, 2.75) is 13.0 Å². The number of benzene rings is 1. The Hall–Kier alpha value is -1.61. The van der Waals surface area contributed by atoms with Crippen LogP contribution in [0.5, 0.6) is 0 Å². The standard InChI is InChI=1S/C13H15N2O/c1-15(2)10-12-6-4-3-5-11(12)9-13-7-8-16-14-13/h3-6,8H,9-10H2,1-2H3. The van der Waals surface area contributed by atoms with Gasteiger partial charge in [-0.05, 0) is 25.2 Å². The highest BCUT2D eigenvalue weighted by molar-refractivity contribution is 5.30. The molecule has 2 rings (SSSR count). The Labute approximate surface area is 95.7 Å². The fraction of sp³-hybridized carbons (Fsp3) is 0.308. The molecule has 1 aromatic heterocycles. The maximum Gasteiger partial charge on any atom is 0.132 e. The lowest BCUT2D eigenvalue weighted by atomic mass is 10.0. The normalized spacial score (nSPS) is 10.9. The van der Waals surface area contributed by atoms with E-state index >= 15 is 0 Å². The van der Waals surface area contributed by atoms with E-state index in [1.165, 1.54) is 17.4 Å². The number of hydrogen-bond donors (Lipinski definition) is 0. The molecule has 1 aromatic carbocycles. The maximum atomic E-state index is 4.79. The third kappa shape index (κ3) is 2.70. The van der Waals surface area contributed by atoms with E-state index in [0.29, 0.717) is 0 Å². The second-order valence-electron chi connectivity index (χ2n) is 4.09. The van der Waals surface area contributed by atoms with Crippen molar-refractivity contribution in [3.63, 3.8) is 0 Å². The van der Waals surface area contributed by atoms with E-state index in [1.807, 2.05) is 0 Å². The van der Waals surface area contributed by atoms with Gasteiger partial charge in [-0.2, -0.15) is 0 Å². The molecule has 0 atom stereocenters. The Balaban J connectivity index is 2.19. The first-order chi connectivity index (χ1) is 7.75. The van der Waals surface area contributed by atoms with Gasteiger partial charge in [0.2, 0.25) is 0 Å². The zero-order valence-corrected chi connectivity index (χ0v) is 9.60. The van der Waals surface area contributed by atoms with Gasteiger partial charge in [-0.25, -0.2) is 0 Å². The van der Waals surface area contributed by atoms with Crippen molar-refractivity contribution < 1.29 is 4.52 Å². The van der Waals surface area contributed by atoms with Crippen molar-refractivity contribution in [1.82, 2.24) is 10.1 Å². The maximum absolute atomic E-state index is 4.79. The highest BCUT2D eigenvalue weighted by atomic mass is 16.5. The molecule has 83 valence electrons. The first-order valence-corrected chi connectivity index (χ1v) is 5.28. The van der Waals surface area contributed by atoms with Crippen LogP contribution in [0, 0.1) is 6.07 Å². The molecule has 0 aliphatic heterocycles. The molecule has 3 heteroatoms. The van der Waals surface area contributed by atoms with Crippen LogP contribution >= 0.6 is 0 Å². The summed E-state index contributed by atoms with van der Waals surface area (Å²) in [6.07, 6.45) is 2.27. The van der Waals surface area contributed by atoms with Crippen LogP contribution in [0.3, 0.4) is 0 Å². The lowest BCUT2D eigenvalue weighted by molar-refractivity contribution is 0.400. The zero-order valence-electron chi connectivity index (χ0n) is 9.60. The molecule has 0 fully saturated rings. The van der Waals surface area contributed by atoms with Crippen molar-refractivity contribution in [2.24, 2.45) is 0 Å². The summed E-state index contributed by atoms with van der Waals surface area (Å²) in [5.41, 5.74) is 3.46. The molecule has 0 aliphatic rings. The van der Waals surface area contributed by atoms with Crippen LogP contribution in [0.2, 0.25) is 0 Å². The predicted octanol–water partition coefficient (Wildman–Crippen LogP) is 2.13. The second kappa shape index (κ2) is 4.94. The minimum atomic E-state index is 0.778. The Kier molecular flexibility index (Phi) is 3.37. The summed E-state index contributed by atoms with van der Waals surface area (Å²) in [5.74, 6) is 0. The van der Waals surface area contributed by atoms with Crippen LogP contribution in [0.25, 0.3) is 0 Å². The monoisotopic (exact) mass is 215 g/mol. The van der Waals surface area contributed by atoms with Gasteiger partial charge >= 0.3 is 0 Å². The molecule has 16 heavy (non-hydrogen) atoms. The molecule has 2 aromatic rings. The van der Waals surface area contributed by atoms with Crippen LogP contribution in [-0.4, -0.2) is 24.2 Å². The van der Waals surface area contributed by atoms with E-state index in [-0.39, 0.29) is 0 Å². The fourth-order valence-corrected chi connectivity index (χ4v) is 1.70. The molecule has 0 unspecified atom stereocenters. The summed E-state index contributed by atoms with van der Waals surface area (Å²) >= 11 is 0. The number of rotatable bonds is 4. The summed E-state index contributed by atoms with van der Waals surface area (Å²) in [6.45, 7) is 0.939. The average Bonchev–Trinajstić information content (AvgIpc) is 2.73. The molecule has 0 spiro atoms. The third-order valence-electron chi connectivity index (χ3n) is 2.40. The Morgan fingerprint density at radius 3 is 2.62 bits per heavy atom. The summed E-state index contributed by atoms with van der Waals surface area (Å²) in [5, 5.41) is 3.89. The predicted molar refractivity (Wildman–Crippen MR) is 62.0 cm³/mol. The quantitative estimate of drug-likeness (QED) is 0.782. The fourth-order valence-electron chi connectivity index (χ4n) is 1.70. The van der Waals surface area contributed by atoms with Crippen LogP contribution < -0.4 is 0 Å². The Bertz CT molecular complexity index is 435. The number of nitrogens with zero attached hydrogens (tertiary/aromatic N) is 2. The molecule has 0 N–H and O–H groups in total. The van der Waals surface area contributed by atoms with Crippen molar-refractivity contribution in [2.75, 3.05) is 14.1 Å². The molecule has 0 saturated carbocycles. The zero-order chi connectivity index (χ0) is 11.4. The summed E-state index contributed by atoms with van der Waals surface area (Å²) in [7, 11) is 4.14. The van der Waals surface area contributed by atoms with Gasteiger partial charge in [0.1, 0.15) is 6.26 Å². The number of hydrogen-bond acceptors (Lipinski definition) is 3. The van der Waals surface area contributed by atoms with Gasteiger partial charge in [0.05, 0.1) is 11.8 Å². The molecule has 3 nitrogen and oxygen atoms in total. The largest absolute Gasteiger partial charge is 0.364 e. The van der Waals surface area contributed by atoms with Crippen molar-refractivity contribution in [1.29, 1.82) is 0 Å². The van der Waals surface area contributed by atoms with Crippen LogP contribution in [-0.2, 0) is 13.0 Å². The van der Waals surface area contributed by atoms with Gasteiger partial charge in [0, 0.05) is 13.0 Å². The van der Waals surface area contributed by atoms with Gasteiger partial charge in [-0.1, -0.05) is 29.4 Å². The molecule has 1 heterocycles. The number of aromatic nitrogens is 1. The molecule has 0 aliphatic carbocycles. The van der Waals surface area contributed by atoms with E-state index in [9.17, 15) is 0 Å². The van der Waals surface area contributed by atoms with Crippen molar-refractivity contribution in [3.05, 3.63) is 53.4 Å². The van der Waals surface area contributed by atoms with Gasteiger partial charge in [0.15, 0.2) is 0 Å². The van der Waals surface area contributed by atoms with Crippen molar-refractivity contribution in [3.8, 4) is 0 Å². The Morgan fingerprint density at radius 2 is 2.00 bits per heavy atom. The average molecular weight is 215 g/mol. The van der Waals surface area contributed by atoms with E-state index in [1.54, 1.807) is 0 Å². The summed E-state index contributed by atoms with van der Waals surface area (Å²) in [4.78, 5) is 2.16. The van der Waals surface area contributed by atoms with Gasteiger partial charge in [-0.15, -0.1) is 0 Å². The van der Waals surface area contributed by atoms with Gasteiger partial charge < -0.3 is 9.42 Å². The smallest absolute Gasteiger partial charge is 0.132 e. The Morgan fingerprint density at radius 1 is 1.25 bits per heavy atom. The van der Waals surface area contributed by atoms with E-state index in [0.717, 1.165) is 18.7 Å². The van der Waals surface area contributed by atoms with Gasteiger partial charge in [-0.3, -0.25) is 0 Å². The van der Waals surface area contributed by atoms with Crippen molar-refractivity contribution >= 4 is 0 Å². The first kappa shape index (κ1) is 10.9. The molecule has 1 radical (unpaired) electrons. The second-order valence-corrected chi connectivity index (χ2v) is 4.09. The molecule has 0 amide bonds. The minimum Gasteiger partial charge on any atom is -0.364 e. The lowest BCUT2D eigenvalue weighted by Gasteiger charge is -2.13. The van der Waals surface area contributed by atoms with E-state index in [4.69, 9.17) is 4.52 Å². The molecule has 0 saturated heterocycles. The van der Waals surface area contributed by atoms with Crippen LogP contribution in [0.15, 0.2) is 35.1 Å². The minimum absolute atomic E-state index is 0.778. The summed E-state index contributed by atoms with van der Waals surface area (Å²) in [6, 6.07) is 11.4. The van der Waals surface area contributed by atoms with E-state index in [2.05, 4.69) is 54.5 Å². The lowest BCUT2D eigenvalue weighted by Crippen LogP contribution is -2.12. The van der Waals surface area contributed by atoms with E-state index < -0.39 is 0 Å². The van der Waals surface area contributed by atoms with Crippen LogP contribution in [0.1, 0.15) is 16.8 Å². The topological polar surface area (TPSA) is 29.3 Å². The summed E-state index contributed by atoms with van der Waals surface area (Å²) < 4.78 is 4.79. The highest BCUT2D eigenvalue weighted by Gasteiger charge is 2.05. The SMILES string of the molecule is CN(C)Cc1ccccc1Cc1[c]con1. The third-order valence-corrected chi connectivity index (χ3v) is 2.40. The van der Waals surface area contributed by atoms with Crippen LogP contribution in [0.4, 0.5) is 0 Å². The first-order valence-electron chi connectivity index (χ1n) is 5.28. The van der Waals surface area contributed by atoms with Gasteiger partial charge in [0.25, 0.3) is 0 Å². The molecule has 0 bridgehead atoms. The highest BCUT2D eigenvalue weighted by Crippen LogP contribution is 2.14. The molecular weight excluding hydrogens is 200 g/mol.